The first-order chi connectivity index (χ1) is 9.92. The number of aromatic nitrogens is 2. The Kier molecular flexibility index (Phi) is 2.46. The van der Waals surface area contributed by atoms with Crippen LogP contribution < -0.4 is 0 Å². The Morgan fingerprint density at radius 2 is 1.00 bits per heavy atom. The van der Waals surface area contributed by atoms with Gasteiger partial charge in [-0.3, -0.25) is 0 Å². The molecule has 0 aliphatic rings. The van der Waals surface area contributed by atoms with Crippen LogP contribution >= 0.6 is 0 Å². The van der Waals surface area contributed by atoms with Crippen molar-refractivity contribution in [2.75, 3.05) is 0 Å². The fourth-order valence-electron chi connectivity index (χ4n) is 2.61. The summed E-state index contributed by atoms with van der Waals surface area (Å²) in [7, 11) is 0. The summed E-state index contributed by atoms with van der Waals surface area (Å²) in [5.74, 6) is 0. The van der Waals surface area contributed by atoms with Crippen LogP contribution in [0.5, 0.6) is 0 Å². The molecule has 0 aliphatic heterocycles. The van der Waals surface area contributed by atoms with Gasteiger partial charge in [-0.25, -0.2) is 0 Å². The van der Waals surface area contributed by atoms with Crippen molar-refractivity contribution in [3.63, 3.8) is 0 Å². The third kappa shape index (κ3) is 1.74. The number of nitrogens with zero attached hydrogens (tertiary/aromatic N) is 2. The molecule has 0 amide bonds. The predicted molar refractivity (Wildman–Crippen MR) is 85.4 cm³/mol. The molecule has 0 atom stereocenters. The van der Waals surface area contributed by atoms with Crippen molar-refractivity contribution in [2.24, 2.45) is 0 Å². The van der Waals surface area contributed by atoms with E-state index in [-0.39, 0.29) is 0 Å². The molecule has 0 spiro atoms. The molecule has 96 valence electrons. The van der Waals surface area contributed by atoms with Crippen molar-refractivity contribution in [2.45, 2.75) is 0 Å². The lowest BCUT2D eigenvalue weighted by molar-refractivity contribution is 1.19. The van der Waals surface area contributed by atoms with Crippen molar-refractivity contribution in [1.82, 2.24) is 9.13 Å². The maximum atomic E-state index is 2.14. The Hall–Kier alpha value is -2.74. The highest BCUT2D eigenvalue weighted by Crippen LogP contribution is 2.18. The summed E-state index contributed by atoms with van der Waals surface area (Å²) in [4.78, 5) is 0. The van der Waals surface area contributed by atoms with Crippen LogP contribution in [0.1, 0.15) is 0 Å². The van der Waals surface area contributed by atoms with E-state index in [1.165, 1.54) is 21.8 Å². The highest BCUT2D eigenvalue weighted by molar-refractivity contribution is 5.84. The maximum Gasteiger partial charge on any atom is 0.0522 e. The van der Waals surface area contributed by atoms with Crippen LogP contribution in [0, 0.1) is 0 Å². The highest BCUT2D eigenvalue weighted by Gasteiger charge is 1.98. The van der Waals surface area contributed by atoms with E-state index in [0.29, 0.717) is 0 Å². The average Bonchev–Trinajstić information content (AvgIpc) is 3.09. The minimum atomic E-state index is 1.22. The second kappa shape index (κ2) is 4.42. The van der Waals surface area contributed by atoms with Crippen LogP contribution in [0.2, 0.25) is 0 Å². The molecule has 0 unspecified atom stereocenters. The summed E-state index contributed by atoms with van der Waals surface area (Å²) in [6.07, 6.45) is 8.36. The van der Waals surface area contributed by atoms with Crippen LogP contribution in [0.25, 0.3) is 34.2 Å². The van der Waals surface area contributed by atoms with Crippen molar-refractivity contribution < 1.29 is 0 Å². The minimum absolute atomic E-state index is 1.22. The molecule has 0 fully saturated rings. The number of rotatable bonds is 2. The Labute approximate surface area is 117 Å². The zero-order chi connectivity index (χ0) is 13.4. The maximum absolute atomic E-state index is 2.14. The molecule has 2 heteroatoms. The monoisotopic (exact) mass is 258 g/mol. The molecule has 0 radical (unpaired) electrons. The number of para-hydroxylation sites is 2. The molecule has 0 aliphatic carbocycles. The molecule has 2 aromatic carbocycles. The van der Waals surface area contributed by atoms with Gasteiger partial charge in [-0.1, -0.05) is 36.4 Å². The molecule has 0 saturated carbocycles. The van der Waals surface area contributed by atoms with E-state index in [1.807, 2.05) is 0 Å². The van der Waals surface area contributed by atoms with Crippen LogP contribution in [0.4, 0.5) is 0 Å². The molecule has 2 nitrogen and oxygen atoms in total. The molecule has 4 rings (SSSR count). The minimum Gasteiger partial charge on any atom is -0.322 e. The van der Waals surface area contributed by atoms with E-state index >= 15 is 0 Å². The van der Waals surface area contributed by atoms with Crippen molar-refractivity contribution in [1.29, 1.82) is 0 Å². The largest absolute Gasteiger partial charge is 0.322 e. The fraction of sp³-hybridized carbons (Fsp3) is 0. The second-order valence-corrected chi connectivity index (χ2v) is 4.86. The second-order valence-electron chi connectivity index (χ2n) is 4.86. The fourth-order valence-corrected chi connectivity index (χ4v) is 2.61. The number of benzene rings is 2. The zero-order valence-corrected chi connectivity index (χ0v) is 11.0. The van der Waals surface area contributed by atoms with E-state index in [9.17, 15) is 0 Å². The quantitative estimate of drug-likeness (QED) is 0.494. The van der Waals surface area contributed by atoms with Gasteiger partial charge >= 0.3 is 0 Å². The molecule has 0 saturated heterocycles. The third-order valence-corrected chi connectivity index (χ3v) is 3.65. The van der Waals surface area contributed by atoms with Gasteiger partial charge in [-0.05, 0) is 35.0 Å². The Balaban J connectivity index is 1.78. The number of hydrogen-bond donors (Lipinski definition) is 0. The van der Waals surface area contributed by atoms with E-state index < -0.39 is 0 Å². The SMILES string of the molecule is C(=C\n1ccc2ccccc21)/n1ccc2ccccc21. The normalized spacial score (nSPS) is 11.8. The summed E-state index contributed by atoms with van der Waals surface area (Å²) < 4.78 is 4.29. The molecule has 0 N–H and O–H groups in total. The molecule has 0 bridgehead atoms. The van der Waals surface area contributed by atoms with Crippen LogP contribution in [-0.4, -0.2) is 9.13 Å². The van der Waals surface area contributed by atoms with Crippen LogP contribution in [-0.2, 0) is 0 Å². The Morgan fingerprint density at radius 3 is 1.50 bits per heavy atom. The molecule has 4 aromatic rings. The zero-order valence-electron chi connectivity index (χ0n) is 11.0. The summed E-state index contributed by atoms with van der Waals surface area (Å²) in [5, 5.41) is 2.52. The number of fused-ring (bicyclic) bond motifs is 2. The van der Waals surface area contributed by atoms with E-state index in [1.54, 1.807) is 0 Å². The van der Waals surface area contributed by atoms with Gasteiger partial charge in [0, 0.05) is 24.8 Å². The standard InChI is InChI=1S/C18H14N2/c1-3-7-17-15(5-1)9-11-19(17)13-14-20-12-10-16-6-2-4-8-18(16)20/h1-14H/b14-13+. The van der Waals surface area contributed by atoms with Gasteiger partial charge in [-0.2, -0.15) is 0 Å². The topological polar surface area (TPSA) is 9.86 Å². The summed E-state index contributed by atoms with van der Waals surface area (Å²) >= 11 is 0. The summed E-state index contributed by atoms with van der Waals surface area (Å²) in [6, 6.07) is 21.1. The lowest BCUT2D eigenvalue weighted by atomic mass is 10.2. The van der Waals surface area contributed by atoms with Gasteiger partial charge in [0.05, 0.1) is 11.0 Å². The van der Waals surface area contributed by atoms with Gasteiger partial charge in [0.25, 0.3) is 0 Å². The Morgan fingerprint density at radius 1 is 0.550 bits per heavy atom. The van der Waals surface area contributed by atoms with E-state index in [2.05, 4.69) is 94.6 Å². The van der Waals surface area contributed by atoms with Crippen LogP contribution in [0.15, 0.2) is 73.1 Å². The molecule has 2 heterocycles. The van der Waals surface area contributed by atoms with Crippen molar-refractivity contribution >= 4 is 34.2 Å². The first kappa shape index (κ1) is 11.1. The lowest BCUT2D eigenvalue weighted by Gasteiger charge is -2.00. The third-order valence-electron chi connectivity index (χ3n) is 3.65. The highest BCUT2D eigenvalue weighted by atomic mass is 15.0. The molecular weight excluding hydrogens is 244 g/mol. The average molecular weight is 258 g/mol. The van der Waals surface area contributed by atoms with Gasteiger partial charge in [0.1, 0.15) is 0 Å². The van der Waals surface area contributed by atoms with Crippen molar-refractivity contribution in [3.8, 4) is 0 Å². The molecular formula is C18H14N2. The molecule has 20 heavy (non-hydrogen) atoms. The van der Waals surface area contributed by atoms with Crippen LogP contribution in [0.3, 0.4) is 0 Å². The van der Waals surface area contributed by atoms with Gasteiger partial charge < -0.3 is 9.13 Å². The van der Waals surface area contributed by atoms with Gasteiger partial charge in [-0.15, -0.1) is 0 Å². The first-order valence-electron chi connectivity index (χ1n) is 6.71. The number of hydrogen-bond acceptors (Lipinski definition) is 0. The Bertz CT molecular complexity index is 833. The van der Waals surface area contributed by atoms with E-state index in [0.717, 1.165) is 0 Å². The smallest absolute Gasteiger partial charge is 0.0522 e. The summed E-state index contributed by atoms with van der Waals surface area (Å²) in [5.41, 5.74) is 2.44. The summed E-state index contributed by atoms with van der Waals surface area (Å²) in [6.45, 7) is 0. The predicted octanol–water partition coefficient (Wildman–Crippen LogP) is 4.68. The van der Waals surface area contributed by atoms with Gasteiger partial charge in [0.15, 0.2) is 0 Å². The van der Waals surface area contributed by atoms with Gasteiger partial charge in [0.2, 0.25) is 0 Å². The molecule has 2 aromatic heterocycles. The lowest BCUT2D eigenvalue weighted by Crippen LogP contribution is -1.86. The first-order valence-corrected chi connectivity index (χ1v) is 6.71. The van der Waals surface area contributed by atoms with E-state index in [4.69, 9.17) is 0 Å². The van der Waals surface area contributed by atoms with Crippen molar-refractivity contribution in [3.05, 3.63) is 73.1 Å².